The molecule has 2 fully saturated rings. The molecule has 1 aromatic heterocycles. The van der Waals surface area contributed by atoms with Crippen LogP contribution in [0.2, 0.25) is 0 Å². The number of morpholine rings is 1. The molecule has 2 aliphatic rings. The molecule has 0 saturated carbocycles. The first-order chi connectivity index (χ1) is 14.2. The molecule has 2 unspecified atom stereocenters. The Bertz CT molecular complexity index is 817. The Morgan fingerprint density at radius 1 is 1.21 bits per heavy atom. The first kappa shape index (κ1) is 19.8. The summed E-state index contributed by atoms with van der Waals surface area (Å²) in [5, 5.41) is 8.01. The molecular weight excluding hydrogens is 373 g/mol. The Kier molecular flexibility index (Phi) is 6.41. The van der Waals surface area contributed by atoms with E-state index in [1.165, 1.54) is 12.1 Å². The lowest BCUT2D eigenvalue weighted by atomic mass is 10.1. The predicted octanol–water partition coefficient (Wildman–Crippen LogP) is 2.01. The average molecular weight is 401 g/mol. The van der Waals surface area contributed by atoms with Crippen LogP contribution in [0.15, 0.2) is 41.5 Å². The SMILES string of the molecule is CN=C(NCCc1ccn(-c2ccc(F)cc2)n1)N1CCOC(C2CCCO2)C1. The van der Waals surface area contributed by atoms with Crippen molar-refractivity contribution in [2.45, 2.75) is 31.5 Å². The van der Waals surface area contributed by atoms with E-state index in [-0.39, 0.29) is 18.0 Å². The number of halogens is 1. The fraction of sp³-hybridized carbons (Fsp3) is 0.524. The quantitative estimate of drug-likeness (QED) is 0.613. The van der Waals surface area contributed by atoms with Crippen LogP contribution >= 0.6 is 0 Å². The maximum absolute atomic E-state index is 13.1. The van der Waals surface area contributed by atoms with Crippen LogP contribution in [0.4, 0.5) is 4.39 Å². The van der Waals surface area contributed by atoms with Crippen LogP contribution in [-0.2, 0) is 15.9 Å². The van der Waals surface area contributed by atoms with Crippen molar-refractivity contribution in [3.05, 3.63) is 48.0 Å². The van der Waals surface area contributed by atoms with Gasteiger partial charge in [0.1, 0.15) is 11.9 Å². The van der Waals surface area contributed by atoms with Gasteiger partial charge in [-0.15, -0.1) is 0 Å². The first-order valence-electron chi connectivity index (χ1n) is 10.2. The van der Waals surface area contributed by atoms with Gasteiger partial charge in [0.25, 0.3) is 0 Å². The third-order valence-electron chi connectivity index (χ3n) is 5.38. The minimum absolute atomic E-state index is 0.108. The van der Waals surface area contributed by atoms with Crippen molar-refractivity contribution in [1.29, 1.82) is 0 Å². The zero-order valence-electron chi connectivity index (χ0n) is 16.8. The van der Waals surface area contributed by atoms with E-state index in [4.69, 9.17) is 9.47 Å². The van der Waals surface area contributed by atoms with Gasteiger partial charge < -0.3 is 19.7 Å². The Morgan fingerprint density at radius 3 is 2.79 bits per heavy atom. The molecule has 0 radical (unpaired) electrons. The van der Waals surface area contributed by atoms with Crippen LogP contribution in [0.3, 0.4) is 0 Å². The van der Waals surface area contributed by atoms with Crippen LogP contribution in [0.25, 0.3) is 5.69 Å². The van der Waals surface area contributed by atoms with Crippen molar-refractivity contribution >= 4 is 5.96 Å². The number of aliphatic imine (C=N–C) groups is 1. The number of aromatic nitrogens is 2. The fourth-order valence-electron chi connectivity index (χ4n) is 3.86. The van der Waals surface area contributed by atoms with Crippen molar-refractivity contribution in [1.82, 2.24) is 20.0 Å². The van der Waals surface area contributed by atoms with E-state index in [2.05, 4.69) is 20.3 Å². The van der Waals surface area contributed by atoms with Gasteiger partial charge in [0.15, 0.2) is 5.96 Å². The molecule has 2 aliphatic heterocycles. The molecule has 0 spiro atoms. The molecule has 4 rings (SSSR count). The number of nitrogens with one attached hydrogen (secondary N) is 1. The molecule has 1 N–H and O–H groups in total. The lowest BCUT2D eigenvalue weighted by Crippen LogP contribution is -2.53. The molecule has 0 amide bonds. The van der Waals surface area contributed by atoms with Crippen molar-refractivity contribution < 1.29 is 13.9 Å². The number of ether oxygens (including phenoxy) is 2. The highest BCUT2D eigenvalue weighted by molar-refractivity contribution is 5.80. The second-order valence-corrected chi connectivity index (χ2v) is 7.36. The largest absolute Gasteiger partial charge is 0.375 e. The van der Waals surface area contributed by atoms with E-state index >= 15 is 0 Å². The van der Waals surface area contributed by atoms with Crippen LogP contribution in [-0.4, -0.2) is 72.7 Å². The molecule has 8 heteroatoms. The van der Waals surface area contributed by atoms with E-state index in [1.54, 1.807) is 16.8 Å². The monoisotopic (exact) mass is 401 g/mol. The summed E-state index contributed by atoms with van der Waals surface area (Å²) in [7, 11) is 1.81. The summed E-state index contributed by atoms with van der Waals surface area (Å²) in [6, 6.07) is 8.29. The molecule has 3 heterocycles. The predicted molar refractivity (Wildman–Crippen MR) is 109 cm³/mol. The van der Waals surface area contributed by atoms with Crippen LogP contribution in [0.5, 0.6) is 0 Å². The van der Waals surface area contributed by atoms with Gasteiger partial charge >= 0.3 is 0 Å². The van der Waals surface area contributed by atoms with Crippen LogP contribution in [0, 0.1) is 5.82 Å². The van der Waals surface area contributed by atoms with E-state index in [1.807, 2.05) is 19.3 Å². The maximum Gasteiger partial charge on any atom is 0.193 e. The van der Waals surface area contributed by atoms with Crippen molar-refractivity contribution in [3.63, 3.8) is 0 Å². The maximum atomic E-state index is 13.1. The zero-order chi connectivity index (χ0) is 20.1. The number of rotatable bonds is 5. The molecule has 156 valence electrons. The van der Waals surface area contributed by atoms with Crippen molar-refractivity contribution in [3.8, 4) is 5.69 Å². The normalized spacial score (nSPS) is 22.8. The Morgan fingerprint density at radius 2 is 2.03 bits per heavy atom. The summed E-state index contributed by atoms with van der Waals surface area (Å²) in [6.07, 6.45) is 5.16. The molecule has 7 nitrogen and oxygen atoms in total. The summed E-state index contributed by atoms with van der Waals surface area (Å²) in [4.78, 5) is 6.68. The Labute approximate surface area is 170 Å². The lowest BCUT2D eigenvalue weighted by Gasteiger charge is -2.37. The number of hydrogen-bond acceptors (Lipinski definition) is 4. The molecule has 2 atom stereocenters. The highest BCUT2D eigenvalue weighted by atomic mass is 19.1. The van der Waals surface area contributed by atoms with Crippen LogP contribution in [0.1, 0.15) is 18.5 Å². The van der Waals surface area contributed by atoms with Gasteiger partial charge in [-0.3, -0.25) is 4.99 Å². The topological polar surface area (TPSA) is 63.9 Å². The molecule has 0 bridgehead atoms. The standard InChI is InChI=1S/C21H28FN5O2/c1-23-21(26-12-14-29-20(15-26)19-3-2-13-28-19)24-10-8-17-9-11-27(25-17)18-6-4-16(22)5-7-18/h4-7,9,11,19-20H,2-3,8,10,12-15H2,1H3,(H,23,24). The number of benzene rings is 1. The van der Waals surface area contributed by atoms with Gasteiger partial charge in [-0.2, -0.15) is 5.10 Å². The Balaban J connectivity index is 1.28. The van der Waals surface area contributed by atoms with Gasteiger partial charge in [0.05, 0.1) is 24.1 Å². The molecular formula is C21H28FN5O2. The van der Waals surface area contributed by atoms with Crippen molar-refractivity contribution in [2.24, 2.45) is 4.99 Å². The zero-order valence-corrected chi connectivity index (χ0v) is 16.8. The summed E-state index contributed by atoms with van der Waals surface area (Å²) in [5.41, 5.74) is 1.81. The summed E-state index contributed by atoms with van der Waals surface area (Å²) < 4.78 is 26.6. The number of nitrogens with zero attached hydrogens (tertiary/aromatic N) is 4. The summed E-state index contributed by atoms with van der Waals surface area (Å²) in [5.74, 6) is 0.635. The van der Waals surface area contributed by atoms with Crippen LogP contribution < -0.4 is 5.32 Å². The van der Waals surface area contributed by atoms with E-state index < -0.39 is 0 Å². The lowest BCUT2D eigenvalue weighted by molar-refractivity contribution is -0.0816. The van der Waals surface area contributed by atoms with E-state index in [0.29, 0.717) is 6.61 Å². The minimum atomic E-state index is -0.249. The van der Waals surface area contributed by atoms with Gasteiger partial charge in [-0.25, -0.2) is 9.07 Å². The highest BCUT2D eigenvalue weighted by Crippen LogP contribution is 2.21. The van der Waals surface area contributed by atoms with E-state index in [9.17, 15) is 4.39 Å². The molecule has 2 aromatic rings. The van der Waals surface area contributed by atoms with Gasteiger partial charge in [-0.05, 0) is 43.2 Å². The van der Waals surface area contributed by atoms with Gasteiger partial charge in [0.2, 0.25) is 0 Å². The highest BCUT2D eigenvalue weighted by Gasteiger charge is 2.32. The fourth-order valence-corrected chi connectivity index (χ4v) is 3.86. The van der Waals surface area contributed by atoms with Gasteiger partial charge in [-0.1, -0.05) is 0 Å². The Hall–Kier alpha value is -2.45. The minimum Gasteiger partial charge on any atom is -0.375 e. The molecule has 29 heavy (non-hydrogen) atoms. The number of guanidine groups is 1. The molecule has 2 saturated heterocycles. The first-order valence-corrected chi connectivity index (χ1v) is 10.2. The molecule has 1 aromatic carbocycles. The summed E-state index contributed by atoms with van der Waals surface area (Å²) >= 11 is 0. The van der Waals surface area contributed by atoms with Gasteiger partial charge in [0, 0.05) is 45.9 Å². The second-order valence-electron chi connectivity index (χ2n) is 7.36. The third kappa shape index (κ3) is 4.94. The third-order valence-corrected chi connectivity index (χ3v) is 5.38. The summed E-state index contributed by atoms with van der Waals surface area (Å²) in [6.45, 7) is 3.87. The molecule has 0 aliphatic carbocycles. The van der Waals surface area contributed by atoms with Crippen molar-refractivity contribution in [2.75, 3.05) is 39.9 Å². The number of hydrogen-bond donors (Lipinski definition) is 1. The smallest absolute Gasteiger partial charge is 0.193 e. The van der Waals surface area contributed by atoms with E-state index in [0.717, 1.165) is 62.8 Å². The average Bonchev–Trinajstić information content (AvgIpc) is 3.44. The second kappa shape index (κ2) is 9.37.